The molecule has 0 bridgehead atoms. The molecule has 3 rings (SSSR count). The van der Waals surface area contributed by atoms with E-state index < -0.39 is 0 Å². The number of urea groups is 1. The van der Waals surface area contributed by atoms with Crippen LogP contribution >= 0.6 is 0 Å². The topological polar surface area (TPSA) is 52.7 Å². The van der Waals surface area contributed by atoms with Gasteiger partial charge in [-0.3, -0.25) is 4.79 Å². The van der Waals surface area contributed by atoms with Gasteiger partial charge in [0.1, 0.15) is 0 Å². The molecule has 0 aromatic heterocycles. The van der Waals surface area contributed by atoms with Crippen molar-refractivity contribution in [1.29, 1.82) is 0 Å². The summed E-state index contributed by atoms with van der Waals surface area (Å²) in [4.78, 5) is 28.5. The van der Waals surface area contributed by atoms with Crippen molar-refractivity contribution in [1.82, 2.24) is 10.2 Å². The predicted octanol–water partition coefficient (Wildman–Crippen LogP) is 2.85. The largest absolute Gasteiger partial charge is 0.333 e. The van der Waals surface area contributed by atoms with Gasteiger partial charge in [0.25, 0.3) is 0 Å². The molecule has 1 aromatic rings. The molecule has 0 spiro atoms. The number of benzene rings is 1. The lowest BCUT2D eigenvalue weighted by Crippen LogP contribution is -2.49. The zero-order valence-corrected chi connectivity index (χ0v) is 14.8. The highest BCUT2D eigenvalue weighted by atomic mass is 16.2. The molecule has 0 saturated carbocycles. The van der Waals surface area contributed by atoms with Crippen LogP contribution in [0, 0.1) is 19.8 Å². The lowest BCUT2D eigenvalue weighted by Gasteiger charge is -2.31. The summed E-state index contributed by atoms with van der Waals surface area (Å²) >= 11 is 0. The van der Waals surface area contributed by atoms with E-state index in [1.54, 1.807) is 4.90 Å². The van der Waals surface area contributed by atoms with E-state index in [-0.39, 0.29) is 18.0 Å². The number of hydrogen-bond acceptors (Lipinski definition) is 2. The Hall–Kier alpha value is -2.04. The van der Waals surface area contributed by atoms with Gasteiger partial charge in [0.15, 0.2) is 0 Å². The highest BCUT2D eigenvalue weighted by Crippen LogP contribution is 2.24. The highest BCUT2D eigenvalue weighted by Gasteiger charge is 2.33. The van der Waals surface area contributed by atoms with Gasteiger partial charge >= 0.3 is 6.03 Å². The number of likely N-dealkylation sites (tertiary alicyclic amines) is 1. The van der Waals surface area contributed by atoms with Crippen molar-refractivity contribution in [3.63, 3.8) is 0 Å². The molecule has 2 aliphatic heterocycles. The molecule has 3 amide bonds. The van der Waals surface area contributed by atoms with Crippen LogP contribution in [0.2, 0.25) is 0 Å². The second-order valence-corrected chi connectivity index (χ2v) is 7.32. The first-order chi connectivity index (χ1) is 11.4. The molecule has 1 aromatic carbocycles. The van der Waals surface area contributed by atoms with E-state index in [1.165, 1.54) is 17.5 Å². The molecule has 2 unspecified atom stereocenters. The van der Waals surface area contributed by atoms with Crippen molar-refractivity contribution in [2.24, 2.45) is 5.92 Å². The SMILES string of the molecule is Cc1ccc(N2CC(NC(=O)N3CCCC(C)C3)CC2=O)cc1C. The lowest BCUT2D eigenvalue weighted by atomic mass is 10.0. The Morgan fingerprint density at radius 3 is 2.71 bits per heavy atom. The average Bonchev–Trinajstić information content (AvgIpc) is 2.90. The van der Waals surface area contributed by atoms with Crippen molar-refractivity contribution in [2.45, 2.75) is 46.1 Å². The average molecular weight is 329 g/mol. The minimum Gasteiger partial charge on any atom is -0.333 e. The number of piperidine rings is 1. The van der Waals surface area contributed by atoms with E-state index in [1.807, 2.05) is 23.1 Å². The quantitative estimate of drug-likeness (QED) is 0.907. The molecule has 2 fully saturated rings. The van der Waals surface area contributed by atoms with E-state index in [0.717, 1.165) is 25.2 Å². The van der Waals surface area contributed by atoms with Gasteiger partial charge < -0.3 is 15.1 Å². The minimum atomic E-state index is -0.108. The van der Waals surface area contributed by atoms with Crippen molar-refractivity contribution < 1.29 is 9.59 Å². The zero-order valence-electron chi connectivity index (χ0n) is 14.8. The third-order valence-electron chi connectivity index (χ3n) is 5.20. The number of nitrogens with one attached hydrogen (secondary N) is 1. The summed E-state index contributed by atoms with van der Waals surface area (Å²) in [6, 6.07) is 5.93. The van der Waals surface area contributed by atoms with Crippen LogP contribution in [-0.2, 0) is 4.79 Å². The molecular weight excluding hydrogens is 302 g/mol. The van der Waals surface area contributed by atoms with E-state index >= 15 is 0 Å². The van der Waals surface area contributed by atoms with Crippen LogP contribution in [0.4, 0.5) is 10.5 Å². The zero-order chi connectivity index (χ0) is 17.3. The molecule has 2 heterocycles. The summed E-state index contributed by atoms with van der Waals surface area (Å²) in [6.07, 6.45) is 2.63. The Bertz CT molecular complexity index is 643. The van der Waals surface area contributed by atoms with E-state index in [9.17, 15) is 9.59 Å². The molecule has 2 aliphatic rings. The monoisotopic (exact) mass is 329 g/mol. The van der Waals surface area contributed by atoms with Gasteiger partial charge in [-0.2, -0.15) is 0 Å². The second kappa shape index (κ2) is 6.83. The molecule has 1 N–H and O–H groups in total. The minimum absolute atomic E-state index is 0.0266. The number of nitrogens with zero attached hydrogens (tertiary/aromatic N) is 2. The third kappa shape index (κ3) is 3.55. The Morgan fingerprint density at radius 1 is 1.21 bits per heavy atom. The number of aryl methyl sites for hydroxylation is 2. The van der Waals surface area contributed by atoms with Crippen molar-refractivity contribution >= 4 is 17.6 Å². The van der Waals surface area contributed by atoms with Crippen molar-refractivity contribution in [2.75, 3.05) is 24.5 Å². The molecule has 0 aliphatic carbocycles. The van der Waals surface area contributed by atoms with Gasteiger partial charge in [-0.1, -0.05) is 13.0 Å². The van der Waals surface area contributed by atoms with Gasteiger partial charge in [-0.25, -0.2) is 4.79 Å². The fourth-order valence-electron chi connectivity index (χ4n) is 3.59. The second-order valence-electron chi connectivity index (χ2n) is 7.32. The normalized spacial score (nSPS) is 24.4. The molecule has 0 radical (unpaired) electrons. The maximum Gasteiger partial charge on any atom is 0.317 e. The van der Waals surface area contributed by atoms with Crippen LogP contribution in [0.15, 0.2) is 18.2 Å². The lowest BCUT2D eigenvalue weighted by molar-refractivity contribution is -0.117. The Balaban J connectivity index is 1.62. The smallest absolute Gasteiger partial charge is 0.317 e. The first kappa shape index (κ1) is 16.8. The van der Waals surface area contributed by atoms with Crippen LogP contribution in [0.3, 0.4) is 0 Å². The molecule has 130 valence electrons. The van der Waals surface area contributed by atoms with E-state index in [4.69, 9.17) is 0 Å². The van der Waals surface area contributed by atoms with E-state index in [0.29, 0.717) is 18.9 Å². The van der Waals surface area contributed by atoms with Gasteiger partial charge in [-0.05, 0) is 55.9 Å². The summed E-state index contributed by atoms with van der Waals surface area (Å²) in [7, 11) is 0. The first-order valence-corrected chi connectivity index (χ1v) is 8.87. The summed E-state index contributed by atoms with van der Waals surface area (Å²) in [6.45, 7) is 8.48. The van der Waals surface area contributed by atoms with Crippen LogP contribution < -0.4 is 10.2 Å². The number of amides is 3. The maximum absolute atomic E-state index is 12.4. The third-order valence-corrected chi connectivity index (χ3v) is 5.20. The van der Waals surface area contributed by atoms with Gasteiger partial charge in [0.05, 0.1) is 6.04 Å². The number of carbonyl (C=O) groups is 2. The summed E-state index contributed by atoms with van der Waals surface area (Å²) in [5.41, 5.74) is 3.32. The fraction of sp³-hybridized carbons (Fsp3) is 0.579. The molecule has 2 saturated heterocycles. The van der Waals surface area contributed by atoms with Crippen molar-refractivity contribution in [3.8, 4) is 0 Å². The number of carbonyl (C=O) groups excluding carboxylic acids is 2. The molecule has 24 heavy (non-hydrogen) atoms. The number of anilines is 1. The summed E-state index contributed by atoms with van der Waals surface area (Å²) in [5.74, 6) is 0.636. The summed E-state index contributed by atoms with van der Waals surface area (Å²) < 4.78 is 0. The van der Waals surface area contributed by atoms with Gasteiger partial charge in [-0.15, -0.1) is 0 Å². The van der Waals surface area contributed by atoms with E-state index in [2.05, 4.69) is 26.1 Å². The van der Waals surface area contributed by atoms with Crippen LogP contribution in [0.25, 0.3) is 0 Å². The highest BCUT2D eigenvalue weighted by molar-refractivity contribution is 5.96. The molecule has 5 nitrogen and oxygen atoms in total. The predicted molar refractivity (Wildman–Crippen MR) is 95.2 cm³/mol. The Kier molecular flexibility index (Phi) is 4.78. The van der Waals surface area contributed by atoms with Crippen LogP contribution in [0.5, 0.6) is 0 Å². The van der Waals surface area contributed by atoms with Gasteiger partial charge in [0, 0.05) is 31.7 Å². The Labute approximate surface area is 144 Å². The molecule has 2 atom stereocenters. The Morgan fingerprint density at radius 2 is 2.00 bits per heavy atom. The number of rotatable bonds is 2. The van der Waals surface area contributed by atoms with Gasteiger partial charge in [0.2, 0.25) is 5.91 Å². The standard InChI is InChI=1S/C19H27N3O2/c1-13-5-4-8-21(11-13)19(24)20-16-10-18(23)22(12-16)17-7-6-14(2)15(3)9-17/h6-7,9,13,16H,4-5,8,10-12H2,1-3H3,(H,20,24). The molecule has 5 heteroatoms. The summed E-state index contributed by atoms with van der Waals surface area (Å²) in [5, 5.41) is 3.05. The fourth-order valence-corrected chi connectivity index (χ4v) is 3.59. The molecular formula is C19H27N3O2. The van der Waals surface area contributed by atoms with Crippen LogP contribution in [0.1, 0.15) is 37.3 Å². The maximum atomic E-state index is 12.4. The number of hydrogen-bond donors (Lipinski definition) is 1. The van der Waals surface area contributed by atoms with Crippen molar-refractivity contribution in [3.05, 3.63) is 29.3 Å². The van der Waals surface area contributed by atoms with Crippen LogP contribution in [-0.4, -0.2) is 42.5 Å². The first-order valence-electron chi connectivity index (χ1n) is 8.87.